The van der Waals surface area contributed by atoms with Crippen LogP contribution in [0.4, 0.5) is 4.79 Å². The molecule has 0 unspecified atom stereocenters. The van der Waals surface area contributed by atoms with Crippen molar-refractivity contribution >= 4 is 28.5 Å². The first kappa shape index (κ1) is 15.8. The lowest BCUT2D eigenvalue weighted by atomic mass is 9.93. The molecule has 1 aliphatic heterocycles. The molecule has 24 heavy (non-hydrogen) atoms. The molecule has 0 radical (unpaired) electrons. The first-order valence-corrected chi connectivity index (χ1v) is 8.99. The van der Waals surface area contributed by atoms with Crippen LogP contribution in [0.2, 0.25) is 5.02 Å². The Hall–Kier alpha value is -1.72. The van der Waals surface area contributed by atoms with Gasteiger partial charge in [-0.25, -0.2) is 4.79 Å². The maximum absolute atomic E-state index is 12.5. The first-order valence-electron chi connectivity index (χ1n) is 8.61. The number of carbonyl (C=O) groups is 1. The molecule has 0 atom stereocenters. The fraction of sp³-hybridized carbons (Fsp3) is 0.500. The summed E-state index contributed by atoms with van der Waals surface area (Å²) in [5.74, 6) is 0. The standard InChI is InChI=1S/C18H22ClN3O2/c19-13-2-1-12-9-15-11-21(7-8-22(15)17(12)10-13)18(24)20-14-3-5-16(23)6-4-14/h1-2,9-10,14,16,23H,3-8,11H2,(H,20,24). The molecule has 2 heterocycles. The summed E-state index contributed by atoms with van der Waals surface area (Å²) in [5, 5.41) is 14.6. The average molecular weight is 348 g/mol. The minimum absolute atomic E-state index is 0.00549. The van der Waals surface area contributed by atoms with E-state index in [0.29, 0.717) is 13.1 Å². The Labute approximate surface area is 146 Å². The molecule has 1 saturated carbocycles. The molecule has 5 nitrogen and oxygen atoms in total. The number of benzene rings is 1. The number of aromatic nitrogens is 1. The number of nitrogens with zero attached hydrogens (tertiary/aromatic N) is 2. The van der Waals surface area contributed by atoms with E-state index in [0.717, 1.165) is 53.8 Å². The summed E-state index contributed by atoms with van der Waals surface area (Å²) in [4.78, 5) is 14.4. The van der Waals surface area contributed by atoms with Crippen LogP contribution in [0.5, 0.6) is 0 Å². The van der Waals surface area contributed by atoms with Gasteiger partial charge >= 0.3 is 6.03 Å². The van der Waals surface area contributed by atoms with Gasteiger partial charge in [0.05, 0.1) is 12.6 Å². The molecular weight excluding hydrogens is 326 g/mol. The van der Waals surface area contributed by atoms with Gasteiger partial charge in [0.15, 0.2) is 0 Å². The maximum Gasteiger partial charge on any atom is 0.318 e. The van der Waals surface area contributed by atoms with Crippen molar-refractivity contribution in [1.82, 2.24) is 14.8 Å². The minimum Gasteiger partial charge on any atom is -0.393 e. The topological polar surface area (TPSA) is 57.5 Å². The number of urea groups is 1. The highest BCUT2D eigenvalue weighted by Gasteiger charge is 2.26. The van der Waals surface area contributed by atoms with Crippen LogP contribution < -0.4 is 5.32 Å². The van der Waals surface area contributed by atoms with E-state index in [-0.39, 0.29) is 18.2 Å². The van der Waals surface area contributed by atoms with E-state index in [1.54, 1.807) is 0 Å². The lowest BCUT2D eigenvalue weighted by Crippen LogP contribution is -2.48. The molecule has 2 N–H and O–H groups in total. The van der Waals surface area contributed by atoms with Gasteiger partial charge in [-0.05, 0) is 43.9 Å². The molecule has 2 aromatic rings. The zero-order chi connectivity index (χ0) is 16.7. The Kier molecular flexibility index (Phi) is 4.14. The highest BCUT2D eigenvalue weighted by atomic mass is 35.5. The van der Waals surface area contributed by atoms with E-state index in [9.17, 15) is 9.90 Å². The predicted octanol–water partition coefficient (Wildman–Crippen LogP) is 3.12. The molecular formula is C18H22ClN3O2. The maximum atomic E-state index is 12.5. The van der Waals surface area contributed by atoms with Crippen molar-refractivity contribution < 1.29 is 9.90 Å². The normalized spacial score (nSPS) is 24.0. The van der Waals surface area contributed by atoms with Crippen molar-refractivity contribution in [2.75, 3.05) is 6.54 Å². The molecule has 2 aliphatic rings. The second-order valence-corrected chi connectivity index (χ2v) is 7.30. The highest BCUT2D eigenvalue weighted by molar-refractivity contribution is 6.31. The Bertz CT molecular complexity index is 765. The molecule has 128 valence electrons. The molecule has 0 saturated heterocycles. The van der Waals surface area contributed by atoms with Crippen molar-refractivity contribution in [1.29, 1.82) is 0 Å². The lowest BCUT2D eigenvalue weighted by molar-refractivity contribution is 0.114. The number of hydrogen-bond acceptors (Lipinski definition) is 2. The number of fused-ring (bicyclic) bond motifs is 3. The molecule has 0 spiro atoms. The number of hydrogen-bond donors (Lipinski definition) is 2. The van der Waals surface area contributed by atoms with E-state index in [1.807, 2.05) is 23.1 Å². The highest BCUT2D eigenvalue weighted by Crippen LogP contribution is 2.27. The van der Waals surface area contributed by atoms with Crippen LogP contribution in [-0.2, 0) is 13.1 Å². The zero-order valence-corrected chi connectivity index (χ0v) is 14.3. The number of rotatable bonds is 1. The van der Waals surface area contributed by atoms with Crippen LogP contribution in [0.25, 0.3) is 10.9 Å². The van der Waals surface area contributed by atoms with Crippen LogP contribution >= 0.6 is 11.6 Å². The fourth-order valence-electron chi connectivity index (χ4n) is 3.83. The Morgan fingerprint density at radius 3 is 2.75 bits per heavy atom. The van der Waals surface area contributed by atoms with Gasteiger partial charge < -0.3 is 19.9 Å². The minimum atomic E-state index is -0.198. The number of halogens is 1. The first-order chi connectivity index (χ1) is 11.6. The third kappa shape index (κ3) is 2.98. The summed E-state index contributed by atoms with van der Waals surface area (Å²) in [6, 6.07) is 8.25. The quantitative estimate of drug-likeness (QED) is 0.832. The average Bonchev–Trinajstić information content (AvgIpc) is 2.94. The van der Waals surface area contributed by atoms with Gasteiger partial charge in [-0.3, -0.25) is 0 Å². The summed E-state index contributed by atoms with van der Waals surface area (Å²) >= 11 is 6.11. The van der Waals surface area contributed by atoms with E-state index in [4.69, 9.17) is 11.6 Å². The van der Waals surface area contributed by atoms with E-state index in [1.165, 1.54) is 0 Å². The van der Waals surface area contributed by atoms with Crippen LogP contribution in [0.15, 0.2) is 24.3 Å². The Morgan fingerprint density at radius 1 is 1.17 bits per heavy atom. The number of aliphatic hydroxyl groups excluding tert-OH is 1. The van der Waals surface area contributed by atoms with Crippen molar-refractivity contribution in [3.8, 4) is 0 Å². The van der Waals surface area contributed by atoms with Crippen LogP contribution in [0.3, 0.4) is 0 Å². The zero-order valence-electron chi connectivity index (χ0n) is 13.5. The van der Waals surface area contributed by atoms with E-state index in [2.05, 4.69) is 16.0 Å². The Balaban J connectivity index is 1.46. The second-order valence-electron chi connectivity index (χ2n) is 6.87. The summed E-state index contributed by atoms with van der Waals surface area (Å²) in [5.41, 5.74) is 2.28. The van der Waals surface area contributed by atoms with Gasteiger partial charge in [0.2, 0.25) is 0 Å². The molecule has 1 fully saturated rings. The number of carbonyl (C=O) groups excluding carboxylic acids is 1. The largest absolute Gasteiger partial charge is 0.393 e. The lowest BCUT2D eigenvalue weighted by Gasteiger charge is -2.32. The van der Waals surface area contributed by atoms with Gasteiger partial charge in [0, 0.05) is 40.8 Å². The summed E-state index contributed by atoms with van der Waals surface area (Å²) in [7, 11) is 0. The summed E-state index contributed by atoms with van der Waals surface area (Å²) in [6.07, 6.45) is 3.08. The number of nitrogens with one attached hydrogen (secondary N) is 1. The molecule has 2 amide bonds. The van der Waals surface area contributed by atoms with Crippen LogP contribution in [0.1, 0.15) is 31.4 Å². The van der Waals surface area contributed by atoms with Crippen molar-refractivity contribution in [2.24, 2.45) is 0 Å². The second kappa shape index (κ2) is 6.30. The van der Waals surface area contributed by atoms with Gasteiger partial charge in [-0.15, -0.1) is 0 Å². The van der Waals surface area contributed by atoms with Gasteiger partial charge in [-0.1, -0.05) is 17.7 Å². The molecule has 1 aliphatic carbocycles. The van der Waals surface area contributed by atoms with Gasteiger partial charge in [0.25, 0.3) is 0 Å². The monoisotopic (exact) mass is 347 g/mol. The molecule has 0 bridgehead atoms. The van der Waals surface area contributed by atoms with Crippen molar-refractivity contribution in [2.45, 2.75) is 50.9 Å². The van der Waals surface area contributed by atoms with Crippen molar-refractivity contribution in [3.63, 3.8) is 0 Å². The summed E-state index contributed by atoms with van der Waals surface area (Å²) in [6.45, 7) is 2.11. The van der Waals surface area contributed by atoms with E-state index < -0.39 is 0 Å². The number of amides is 2. The molecule has 1 aromatic carbocycles. The Morgan fingerprint density at radius 2 is 1.96 bits per heavy atom. The molecule has 6 heteroatoms. The number of aliphatic hydroxyl groups is 1. The molecule has 1 aromatic heterocycles. The van der Waals surface area contributed by atoms with Gasteiger partial charge in [-0.2, -0.15) is 0 Å². The third-order valence-electron chi connectivity index (χ3n) is 5.21. The van der Waals surface area contributed by atoms with Crippen molar-refractivity contribution in [3.05, 3.63) is 35.0 Å². The SMILES string of the molecule is O=C(NC1CCC(O)CC1)N1CCn2c(cc3ccc(Cl)cc32)C1. The van der Waals surface area contributed by atoms with E-state index >= 15 is 0 Å². The van der Waals surface area contributed by atoms with Crippen LogP contribution in [0, 0.1) is 0 Å². The summed E-state index contributed by atoms with van der Waals surface area (Å²) < 4.78 is 2.25. The smallest absolute Gasteiger partial charge is 0.318 e. The van der Waals surface area contributed by atoms with Crippen LogP contribution in [-0.4, -0.2) is 39.3 Å². The van der Waals surface area contributed by atoms with Gasteiger partial charge in [0.1, 0.15) is 0 Å². The predicted molar refractivity (Wildman–Crippen MR) is 94.2 cm³/mol. The third-order valence-corrected chi connectivity index (χ3v) is 5.45. The fourth-order valence-corrected chi connectivity index (χ4v) is 4.00. The molecule has 4 rings (SSSR count).